The van der Waals surface area contributed by atoms with E-state index in [-0.39, 0.29) is 17.6 Å². The lowest BCUT2D eigenvalue weighted by molar-refractivity contribution is -0.125. The van der Waals surface area contributed by atoms with E-state index in [0.29, 0.717) is 13.1 Å². The maximum Gasteiger partial charge on any atom is 0.225 e. The van der Waals surface area contributed by atoms with Crippen LogP contribution in [0, 0.1) is 11.7 Å². The van der Waals surface area contributed by atoms with Crippen LogP contribution in [0.5, 0.6) is 0 Å². The Hall–Kier alpha value is -2.41. The first-order valence-corrected chi connectivity index (χ1v) is 9.80. The van der Waals surface area contributed by atoms with Gasteiger partial charge in [-0.2, -0.15) is 0 Å². The molecule has 1 fully saturated rings. The number of aromatic nitrogens is 2. The number of fused-ring (bicyclic) bond motifs is 1. The number of halogens is 2. The number of piperidine rings is 1. The first-order valence-electron chi connectivity index (χ1n) is 9.01. The normalized spacial score (nSPS) is 17.3. The van der Waals surface area contributed by atoms with Crippen LogP contribution in [0.2, 0.25) is 0 Å². The Morgan fingerprint density at radius 2 is 2.22 bits per heavy atom. The van der Waals surface area contributed by atoms with Crippen molar-refractivity contribution in [2.24, 2.45) is 5.92 Å². The second-order valence-electron chi connectivity index (χ2n) is 6.85. The molecule has 0 bridgehead atoms. The highest BCUT2D eigenvalue weighted by Crippen LogP contribution is 2.25. The SMILES string of the molecule is O=C(NCc1cccc(F)c1)C1CCCN(c2nc3ccc(Br)cc3[nH]2)C1. The lowest BCUT2D eigenvalue weighted by atomic mass is 9.97. The molecule has 1 amide bonds. The van der Waals surface area contributed by atoms with Gasteiger partial charge >= 0.3 is 0 Å². The molecule has 1 aliphatic heterocycles. The van der Waals surface area contributed by atoms with Crippen LogP contribution >= 0.6 is 15.9 Å². The van der Waals surface area contributed by atoms with Crippen LogP contribution in [0.4, 0.5) is 10.3 Å². The Labute approximate surface area is 165 Å². The molecule has 27 heavy (non-hydrogen) atoms. The third-order valence-corrected chi connectivity index (χ3v) is 5.37. The van der Waals surface area contributed by atoms with Crippen LogP contribution in [0.3, 0.4) is 0 Å². The van der Waals surface area contributed by atoms with Crippen LogP contribution in [-0.4, -0.2) is 29.0 Å². The minimum Gasteiger partial charge on any atom is -0.352 e. The number of H-pyrrole nitrogens is 1. The topological polar surface area (TPSA) is 61.0 Å². The van der Waals surface area contributed by atoms with E-state index in [1.54, 1.807) is 6.07 Å². The zero-order valence-electron chi connectivity index (χ0n) is 14.7. The van der Waals surface area contributed by atoms with E-state index < -0.39 is 0 Å². The van der Waals surface area contributed by atoms with Gasteiger partial charge < -0.3 is 15.2 Å². The Bertz CT molecular complexity index is 974. The smallest absolute Gasteiger partial charge is 0.225 e. The van der Waals surface area contributed by atoms with Crippen LogP contribution in [-0.2, 0) is 11.3 Å². The maximum atomic E-state index is 13.3. The monoisotopic (exact) mass is 430 g/mol. The van der Waals surface area contributed by atoms with Gasteiger partial charge in [-0.1, -0.05) is 28.1 Å². The Kier molecular flexibility index (Phi) is 5.11. The fourth-order valence-corrected chi connectivity index (χ4v) is 3.84. The Morgan fingerprint density at radius 3 is 3.07 bits per heavy atom. The molecular formula is C20H20BrFN4O. The van der Waals surface area contributed by atoms with Gasteiger partial charge in [0.2, 0.25) is 11.9 Å². The number of nitrogens with one attached hydrogen (secondary N) is 2. The van der Waals surface area contributed by atoms with Crippen molar-refractivity contribution >= 4 is 38.8 Å². The first-order chi connectivity index (χ1) is 13.1. The molecule has 2 heterocycles. The molecule has 5 nitrogen and oxygen atoms in total. The van der Waals surface area contributed by atoms with Crippen molar-refractivity contribution < 1.29 is 9.18 Å². The molecule has 0 radical (unpaired) electrons. The number of amides is 1. The highest BCUT2D eigenvalue weighted by Gasteiger charge is 2.27. The third kappa shape index (κ3) is 4.13. The summed E-state index contributed by atoms with van der Waals surface area (Å²) in [6.45, 7) is 1.83. The lowest BCUT2D eigenvalue weighted by Crippen LogP contribution is -2.43. The number of benzene rings is 2. The van der Waals surface area contributed by atoms with Gasteiger partial charge in [-0.15, -0.1) is 0 Å². The number of carbonyl (C=O) groups is 1. The maximum absolute atomic E-state index is 13.3. The molecule has 2 aromatic carbocycles. The molecule has 1 unspecified atom stereocenters. The average molecular weight is 431 g/mol. The molecule has 0 saturated carbocycles. The summed E-state index contributed by atoms with van der Waals surface area (Å²) in [4.78, 5) is 22.7. The van der Waals surface area contributed by atoms with Crippen molar-refractivity contribution in [3.8, 4) is 0 Å². The van der Waals surface area contributed by atoms with Crippen molar-refractivity contribution in [3.63, 3.8) is 0 Å². The van der Waals surface area contributed by atoms with Gasteiger partial charge in [-0.05, 0) is 48.7 Å². The fraction of sp³-hybridized carbons (Fsp3) is 0.300. The number of imidazole rings is 1. The number of aromatic amines is 1. The van der Waals surface area contributed by atoms with Gasteiger partial charge in [0, 0.05) is 24.1 Å². The van der Waals surface area contributed by atoms with E-state index in [0.717, 1.165) is 46.4 Å². The fourth-order valence-electron chi connectivity index (χ4n) is 3.48. The Balaban J connectivity index is 1.41. The molecule has 1 aliphatic rings. The molecule has 140 valence electrons. The molecule has 0 aliphatic carbocycles. The minimum atomic E-state index is -0.290. The summed E-state index contributed by atoms with van der Waals surface area (Å²) in [5.74, 6) is 0.405. The van der Waals surface area contributed by atoms with Gasteiger partial charge in [0.15, 0.2) is 0 Å². The number of nitrogens with zero attached hydrogens (tertiary/aromatic N) is 2. The molecule has 0 spiro atoms. The largest absolute Gasteiger partial charge is 0.352 e. The molecule has 7 heteroatoms. The van der Waals surface area contributed by atoms with E-state index >= 15 is 0 Å². The zero-order valence-corrected chi connectivity index (χ0v) is 16.3. The average Bonchev–Trinajstić information content (AvgIpc) is 3.09. The first kappa shape index (κ1) is 18.0. The second-order valence-corrected chi connectivity index (χ2v) is 7.77. The molecule has 2 N–H and O–H groups in total. The molecule has 4 rings (SSSR count). The lowest BCUT2D eigenvalue weighted by Gasteiger charge is -2.31. The van der Waals surface area contributed by atoms with Crippen LogP contribution in [0.25, 0.3) is 11.0 Å². The van der Waals surface area contributed by atoms with Gasteiger partial charge in [0.1, 0.15) is 5.82 Å². The van der Waals surface area contributed by atoms with Crippen LogP contribution in [0.1, 0.15) is 18.4 Å². The highest BCUT2D eigenvalue weighted by atomic mass is 79.9. The second kappa shape index (κ2) is 7.68. The van der Waals surface area contributed by atoms with E-state index in [1.807, 2.05) is 24.3 Å². The minimum absolute atomic E-state index is 0.00261. The predicted molar refractivity (Wildman–Crippen MR) is 107 cm³/mol. The summed E-state index contributed by atoms with van der Waals surface area (Å²) in [7, 11) is 0. The third-order valence-electron chi connectivity index (χ3n) is 4.88. The van der Waals surface area contributed by atoms with Crippen molar-refractivity contribution in [1.82, 2.24) is 15.3 Å². The van der Waals surface area contributed by atoms with E-state index in [1.165, 1.54) is 12.1 Å². The summed E-state index contributed by atoms with van der Waals surface area (Å²) in [5.41, 5.74) is 2.64. The van der Waals surface area contributed by atoms with Crippen molar-refractivity contribution in [1.29, 1.82) is 0 Å². The predicted octanol–water partition coefficient (Wildman–Crippen LogP) is 4.00. The molecule has 1 atom stereocenters. The molecule has 1 aromatic heterocycles. The van der Waals surface area contributed by atoms with Gasteiger partial charge in [-0.25, -0.2) is 9.37 Å². The summed E-state index contributed by atoms with van der Waals surface area (Å²) in [6.07, 6.45) is 1.77. The van der Waals surface area contributed by atoms with Gasteiger partial charge in [-0.3, -0.25) is 4.79 Å². The number of carbonyl (C=O) groups excluding carboxylic acids is 1. The van der Waals surface area contributed by atoms with E-state index in [9.17, 15) is 9.18 Å². The summed E-state index contributed by atoms with van der Waals surface area (Å²) < 4.78 is 14.3. The number of rotatable bonds is 4. The summed E-state index contributed by atoms with van der Waals surface area (Å²) in [5, 5.41) is 2.93. The standard InChI is InChI=1S/C20H20BrFN4O/c21-15-6-7-17-18(10-15)25-20(24-17)26-8-2-4-14(12-26)19(27)23-11-13-3-1-5-16(22)9-13/h1,3,5-7,9-10,14H,2,4,8,11-12H2,(H,23,27)(H,24,25). The van der Waals surface area contributed by atoms with Crippen molar-refractivity contribution in [2.75, 3.05) is 18.0 Å². The van der Waals surface area contributed by atoms with Crippen molar-refractivity contribution in [3.05, 3.63) is 58.3 Å². The van der Waals surface area contributed by atoms with Gasteiger partial charge in [0.05, 0.1) is 17.0 Å². The van der Waals surface area contributed by atoms with Crippen LogP contribution < -0.4 is 10.2 Å². The van der Waals surface area contributed by atoms with Gasteiger partial charge in [0.25, 0.3) is 0 Å². The molecule has 1 saturated heterocycles. The number of hydrogen-bond donors (Lipinski definition) is 2. The quantitative estimate of drug-likeness (QED) is 0.657. The molecule has 3 aromatic rings. The number of hydrogen-bond acceptors (Lipinski definition) is 3. The highest BCUT2D eigenvalue weighted by molar-refractivity contribution is 9.10. The van der Waals surface area contributed by atoms with Crippen molar-refractivity contribution in [2.45, 2.75) is 19.4 Å². The summed E-state index contributed by atoms with van der Waals surface area (Å²) in [6, 6.07) is 12.2. The zero-order chi connectivity index (χ0) is 18.8. The van der Waals surface area contributed by atoms with Crippen LogP contribution in [0.15, 0.2) is 46.9 Å². The van der Waals surface area contributed by atoms with E-state index in [2.05, 4.69) is 36.1 Å². The van der Waals surface area contributed by atoms with E-state index in [4.69, 9.17) is 0 Å². The molecular weight excluding hydrogens is 411 g/mol. The Morgan fingerprint density at radius 1 is 1.33 bits per heavy atom. The summed E-state index contributed by atoms with van der Waals surface area (Å²) >= 11 is 3.47. The number of anilines is 1.